The van der Waals surface area contributed by atoms with E-state index in [1.54, 1.807) is 19.9 Å². The van der Waals surface area contributed by atoms with Crippen LogP contribution in [0.4, 0.5) is 17.6 Å². The van der Waals surface area contributed by atoms with Crippen molar-refractivity contribution in [1.82, 2.24) is 14.8 Å². The molecule has 0 atom stereocenters. The summed E-state index contributed by atoms with van der Waals surface area (Å²) in [6.07, 6.45) is -3.91. The van der Waals surface area contributed by atoms with Crippen LogP contribution in [0, 0.1) is 19.7 Å². The van der Waals surface area contributed by atoms with Crippen LogP contribution in [-0.2, 0) is 24.6 Å². The van der Waals surface area contributed by atoms with Crippen molar-refractivity contribution in [2.45, 2.75) is 65.6 Å². The predicted octanol–water partition coefficient (Wildman–Crippen LogP) is 5.67. The number of esters is 1. The number of benzene rings is 1. The Balaban J connectivity index is 1.90. The smallest absolute Gasteiger partial charge is 0.422 e. The summed E-state index contributed by atoms with van der Waals surface area (Å²) in [6.45, 7) is 9.28. The fraction of sp³-hybridized carbons (Fsp3) is 0.435. The molecule has 0 saturated carbocycles. The molecule has 0 fully saturated rings. The molecular weight excluding hydrogens is 426 g/mol. The number of aryl methyl sites for hydroxylation is 2. The molecule has 0 unspecified atom stereocenters. The van der Waals surface area contributed by atoms with Crippen molar-refractivity contribution in [3.63, 3.8) is 0 Å². The Kier molecular flexibility index (Phi) is 5.06. The van der Waals surface area contributed by atoms with Crippen LogP contribution in [0.2, 0.25) is 0 Å². The molecular formula is C23H23F4N3O2. The number of rotatable bonds is 2. The number of alkyl halides is 3. The zero-order valence-electron chi connectivity index (χ0n) is 18.4. The highest BCUT2D eigenvalue weighted by molar-refractivity contribution is 5.97. The molecule has 0 aliphatic carbocycles. The first-order valence-corrected chi connectivity index (χ1v) is 10.3. The van der Waals surface area contributed by atoms with Crippen molar-refractivity contribution in [2.24, 2.45) is 0 Å². The number of aromatic nitrogens is 3. The summed E-state index contributed by atoms with van der Waals surface area (Å²) in [6, 6.07) is 3.05. The highest BCUT2D eigenvalue weighted by Crippen LogP contribution is 2.38. The Morgan fingerprint density at radius 1 is 1.16 bits per heavy atom. The molecule has 1 aliphatic rings. The van der Waals surface area contributed by atoms with Crippen LogP contribution in [0.1, 0.15) is 65.8 Å². The molecule has 0 N–H and O–H groups in total. The van der Waals surface area contributed by atoms with Gasteiger partial charge in [-0.05, 0) is 49.8 Å². The van der Waals surface area contributed by atoms with Gasteiger partial charge in [-0.1, -0.05) is 20.8 Å². The van der Waals surface area contributed by atoms with E-state index in [2.05, 4.69) is 10.1 Å². The third kappa shape index (κ3) is 3.63. The summed E-state index contributed by atoms with van der Waals surface area (Å²) in [5.74, 6) is -1.74. The molecule has 0 radical (unpaired) electrons. The van der Waals surface area contributed by atoms with Crippen LogP contribution < -0.4 is 4.74 Å². The Bertz CT molecular complexity index is 1250. The summed E-state index contributed by atoms with van der Waals surface area (Å²) >= 11 is 0. The van der Waals surface area contributed by atoms with E-state index in [1.165, 1.54) is 10.7 Å². The van der Waals surface area contributed by atoms with E-state index in [9.17, 15) is 22.4 Å². The van der Waals surface area contributed by atoms with E-state index in [1.807, 2.05) is 20.8 Å². The quantitative estimate of drug-likeness (QED) is 0.374. The average molecular weight is 449 g/mol. The lowest BCUT2D eigenvalue weighted by Gasteiger charge is -2.21. The maximum atomic E-state index is 14.9. The van der Waals surface area contributed by atoms with Crippen LogP contribution in [0.3, 0.4) is 0 Å². The van der Waals surface area contributed by atoms with Gasteiger partial charge in [-0.3, -0.25) is 4.68 Å². The number of hydrogen-bond acceptors (Lipinski definition) is 4. The lowest BCUT2D eigenvalue weighted by molar-refractivity contribution is -0.142. The molecule has 3 aromatic rings. The summed E-state index contributed by atoms with van der Waals surface area (Å²) in [5, 5.41) is 3.85. The SMILES string of the molecule is Cc1nc2c(F)cc(C(C)(C)C)cc2c(OC(=O)c2c(C(F)(F)F)nn3c2CCC3)c1C. The van der Waals surface area contributed by atoms with Crippen LogP contribution in [-0.4, -0.2) is 20.7 Å². The summed E-state index contributed by atoms with van der Waals surface area (Å²) in [7, 11) is 0. The normalized spacial score (nSPS) is 14.2. The minimum atomic E-state index is -4.80. The van der Waals surface area contributed by atoms with Gasteiger partial charge in [0.25, 0.3) is 0 Å². The average Bonchev–Trinajstić information content (AvgIpc) is 3.26. The highest BCUT2D eigenvalue weighted by Gasteiger charge is 2.43. The van der Waals surface area contributed by atoms with Crippen LogP contribution >= 0.6 is 0 Å². The number of ether oxygens (including phenoxy) is 1. The Hall–Kier alpha value is -2.97. The zero-order chi connectivity index (χ0) is 23.6. The van der Waals surface area contributed by atoms with E-state index in [0.717, 1.165) is 0 Å². The predicted molar refractivity (Wildman–Crippen MR) is 110 cm³/mol. The molecule has 0 spiro atoms. The van der Waals surface area contributed by atoms with Crippen molar-refractivity contribution in [3.8, 4) is 5.75 Å². The van der Waals surface area contributed by atoms with Crippen molar-refractivity contribution in [3.05, 3.63) is 51.7 Å². The van der Waals surface area contributed by atoms with Crippen LogP contribution in [0.25, 0.3) is 10.9 Å². The van der Waals surface area contributed by atoms with E-state index in [4.69, 9.17) is 4.74 Å². The van der Waals surface area contributed by atoms with Gasteiger partial charge in [-0.15, -0.1) is 0 Å². The fourth-order valence-electron chi connectivity index (χ4n) is 3.96. The van der Waals surface area contributed by atoms with E-state index < -0.39 is 34.6 Å². The van der Waals surface area contributed by atoms with Gasteiger partial charge in [0.1, 0.15) is 22.6 Å². The zero-order valence-corrected chi connectivity index (χ0v) is 18.4. The maximum Gasteiger partial charge on any atom is 0.436 e. The van der Waals surface area contributed by atoms with Gasteiger partial charge >= 0.3 is 12.1 Å². The van der Waals surface area contributed by atoms with E-state index >= 15 is 0 Å². The maximum absolute atomic E-state index is 14.9. The van der Waals surface area contributed by atoms with Crippen molar-refractivity contribution in [2.75, 3.05) is 0 Å². The molecule has 0 amide bonds. The molecule has 170 valence electrons. The molecule has 0 bridgehead atoms. The molecule has 9 heteroatoms. The van der Waals surface area contributed by atoms with Gasteiger partial charge in [0.05, 0.1) is 5.69 Å². The molecule has 4 rings (SSSR count). The van der Waals surface area contributed by atoms with Gasteiger partial charge in [0, 0.05) is 23.2 Å². The first-order valence-electron chi connectivity index (χ1n) is 10.3. The summed E-state index contributed by atoms with van der Waals surface area (Å²) < 4.78 is 62.5. The van der Waals surface area contributed by atoms with Crippen molar-refractivity contribution >= 4 is 16.9 Å². The monoisotopic (exact) mass is 449 g/mol. The topological polar surface area (TPSA) is 57.0 Å². The molecule has 32 heavy (non-hydrogen) atoms. The second-order valence-corrected chi connectivity index (χ2v) is 9.14. The summed E-state index contributed by atoms with van der Waals surface area (Å²) in [5.41, 5.74) is -0.529. The Morgan fingerprint density at radius 3 is 2.47 bits per heavy atom. The van der Waals surface area contributed by atoms with Crippen molar-refractivity contribution in [1.29, 1.82) is 0 Å². The largest absolute Gasteiger partial charge is 0.436 e. The van der Waals surface area contributed by atoms with Gasteiger partial charge in [0.2, 0.25) is 0 Å². The molecule has 3 heterocycles. The van der Waals surface area contributed by atoms with E-state index in [-0.39, 0.29) is 22.3 Å². The second kappa shape index (κ2) is 7.28. The lowest BCUT2D eigenvalue weighted by atomic mass is 9.86. The third-order valence-electron chi connectivity index (χ3n) is 5.85. The molecule has 0 saturated heterocycles. The number of halogens is 4. The third-order valence-corrected chi connectivity index (χ3v) is 5.85. The number of nitrogens with zero attached hydrogens (tertiary/aromatic N) is 3. The molecule has 2 aromatic heterocycles. The standard InChI is InChI=1S/C23H23F4N3O2/c1-11-12(2)28-18-14(9-13(10-15(18)24)22(3,4)5)19(11)32-21(31)17-16-7-6-8-30(16)29-20(17)23(25,26)27/h9-10H,6-8H2,1-5H3. The van der Waals surface area contributed by atoms with Gasteiger partial charge in [-0.2, -0.15) is 18.3 Å². The number of hydrogen-bond donors (Lipinski definition) is 0. The number of fused-ring (bicyclic) bond motifs is 2. The number of carbonyl (C=O) groups is 1. The summed E-state index contributed by atoms with van der Waals surface area (Å²) in [4.78, 5) is 17.4. The van der Waals surface area contributed by atoms with Crippen molar-refractivity contribution < 1.29 is 27.1 Å². The Labute approximate surface area is 182 Å². The molecule has 5 nitrogen and oxygen atoms in total. The van der Waals surface area contributed by atoms with Gasteiger partial charge < -0.3 is 4.74 Å². The van der Waals surface area contributed by atoms with Gasteiger partial charge in [0.15, 0.2) is 5.69 Å². The molecule has 1 aliphatic heterocycles. The van der Waals surface area contributed by atoms with Crippen LogP contribution in [0.5, 0.6) is 5.75 Å². The second-order valence-electron chi connectivity index (χ2n) is 9.14. The lowest BCUT2D eigenvalue weighted by Crippen LogP contribution is -2.18. The van der Waals surface area contributed by atoms with Crippen LogP contribution in [0.15, 0.2) is 12.1 Å². The number of carbonyl (C=O) groups excluding carboxylic acids is 1. The highest BCUT2D eigenvalue weighted by atomic mass is 19.4. The minimum absolute atomic E-state index is 0.000167. The number of pyridine rings is 1. The Morgan fingerprint density at radius 2 is 1.84 bits per heavy atom. The fourth-order valence-corrected chi connectivity index (χ4v) is 3.96. The molecule has 1 aromatic carbocycles. The first kappa shape index (κ1) is 22.2. The van der Waals surface area contributed by atoms with Gasteiger partial charge in [-0.25, -0.2) is 14.2 Å². The minimum Gasteiger partial charge on any atom is -0.422 e. The van der Waals surface area contributed by atoms with E-state index in [0.29, 0.717) is 36.2 Å². The first-order chi connectivity index (χ1) is 14.8.